The number of thioether (sulfide) groups is 1. The van der Waals surface area contributed by atoms with E-state index in [0.29, 0.717) is 44.3 Å². The number of hydrogen-bond donors (Lipinski definition) is 1. The van der Waals surface area contributed by atoms with E-state index in [1.54, 1.807) is 50.6 Å². The molecule has 1 amide bonds. The number of benzene rings is 3. The second kappa shape index (κ2) is 12.2. The number of rotatable bonds is 10. The lowest BCUT2D eigenvalue weighted by molar-refractivity contribution is -0.385. The fourth-order valence-corrected chi connectivity index (χ4v) is 4.52. The van der Waals surface area contributed by atoms with Gasteiger partial charge in [-0.2, -0.15) is 0 Å². The van der Waals surface area contributed by atoms with Gasteiger partial charge < -0.3 is 29.0 Å². The van der Waals surface area contributed by atoms with Crippen LogP contribution < -0.4 is 29.0 Å². The lowest BCUT2D eigenvalue weighted by Gasteiger charge is -2.14. The van der Waals surface area contributed by atoms with Gasteiger partial charge in [-0.05, 0) is 65.9 Å². The Kier molecular flexibility index (Phi) is 8.56. The van der Waals surface area contributed by atoms with Gasteiger partial charge in [0.15, 0.2) is 22.4 Å². The lowest BCUT2D eigenvalue weighted by Crippen LogP contribution is -2.19. The number of amides is 1. The van der Waals surface area contributed by atoms with Gasteiger partial charge in [-0.1, -0.05) is 6.07 Å². The van der Waals surface area contributed by atoms with Gasteiger partial charge in [-0.15, -0.1) is 0 Å². The van der Waals surface area contributed by atoms with Crippen molar-refractivity contribution in [1.29, 1.82) is 0 Å². The summed E-state index contributed by atoms with van der Waals surface area (Å²) in [4.78, 5) is 28.0. The third-order valence-electron chi connectivity index (χ3n) is 5.60. The Morgan fingerprint density at radius 3 is 2.31 bits per heavy atom. The minimum atomic E-state index is -0.553. The Labute approximate surface area is 228 Å². The van der Waals surface area contributed by atoms with Crippen LogP contribution in [-0.2, 0) is 11.4 Å². The summed E-state index contributed by atoms with van der Waals surface area (Å²) < 4.78 is 27.2. The average Bonchev–Trinajstić information content (AvgIpc) is 3.29. The molecule has 0 aromatic heterocycles. The summed E-state index contributed by atoms with van der Waals surface area (Å²) in [6.45, 7) is 0.221. The first-order valence-electron chi connectivity index (χ1n) is 11.5. The minimum absolute atomic E-state index is 0.122. The van der Waals surface area contributed by atoms with E-state index in [4.69, 9.17) is 23.7 Å². The highest BCUT2D eigenvalue weighted by atomic mass is 32.2. The Morgan fingerprint density at radius 2 is 1.62 bits per heavy atom. The molecule has 1 aliphatic rings. The molecule has 39 heavy (non-hydrogen) atoms. The molecule has 202 valence electrons. The van der Waals surface area contributed by atoms with Crippen LogP contribution in [0.25, 0.3) is 6.08 Å². The molecule has 0 aliphatic carbocycles. The van der Waals surface area contributed by atoms with Crippen LogP contribution in [0.5, 0.6) is 28.7 Å². The van der Waals surface area contributed by atoms with Crippen LogP contribution in [0, 0.1) is 10.1 Å². The standard InChI is InChI=1S/C27H25N3O8S/c1-34-19-7-10-21(35-2)17(13-19)15-38-23-8-5-16(11-24(23)37-4)12-25-26(31)29-27(39-25)28-18-6-9-22(36-3)20(14-18)30(32)33/h5-14H,15H2,1-4H3,(H,28,29,31)/b25-12-. The highest BCUT2D eigenvalue weighted by Gasteiger charge is 2.25. The van der Waals surface area contributed by atoms with Crippen LogP contribution in [-0.4, -0.2) is 44.4 Å². The maximum Gasteiger partial charge on any atom is 0.313 e. The normalized spacial score (nSPS) is 14.7. The number of nitro benzene ring substituents is 1. The molecular formula is C27H25N3O8S. The summed E-state index contributed by atoms with van der Waals surface area (Å²) in [5.74, 6) is 2.12. The quantitative estimate of drug-likeness (QED) is 0.208. The zero-order valence-corrected chi connectivity index (χ0v) is 22.4. The topological polar surface area (TPSA) is 131 Å². The van der Waals surface area contributed by atoms with Gasteiger partial charge in [0, 0.05) is 11.6 Å². The van der Waals surface area contributed by atoms with Crippen molar-refractivity contribution in [2.45, 2.75) is 6.61 Å². The summed E-state index contributed by atoms with van der Waals surface area (Å²) in [6.07, 6.45) is 1.69. The van der Waals surface area contributed by atoms with Crippen molar-refractivity contribution in [2.24, 2.45) is 4.99 Å². The Morgan fingerprint density at radius 1 is 0.897 bits per heavy atom. The predicted octanol–water partition coefficient (Wildman–Crippen LogP) is 5.10. The van der Waals surface area contributed by atoms with Crippen molar-refractivity contribution in [3.8, 4) is 28.7 Å². The Balaban J connectivity index is 1.51. The number of nitrogens with one attached hydrogen (secondary N) is 1. The smallest absolute Gasteiger partial charge is 0.313 e. The predicted molar refractivity (Wildman–Crippen MR) is 147 cm³/mol. The van der Waals surface area contributed by atoms with E-state index >= 15 is 0 Å². The highest BCUT2D eigenvalue weighted by Crippen LogP contribution is 2.35. The number of nitro groups is 1. The second-order valence-corrected chi connectivity index (χ2v) is 9.00. The molecule has 3 aromatic carbocycles. The first kappa shape index (κ1) is 27.3. The van der Waals surface area contributed by atoms with Gasteiger partial charge in [-0.25, -0.2) is 4.99 Å². The number of amidine groups is 1. The van der Waals surface area contributed by atoms with Crippen molar-refractivity contribution < 1.29 is 33.4 Å². The number of methoxy groups -OCH3 is 4. The summed E-state index contributed by atoms with van der Waals surface area (Å²) >= 11 is 1.12. The van der Waals surface area contributed by atoms with Crippen molar-refractivity contribution >= 4 is 40.3 Å². The summed E-state index contributed by atoms with van der Waals surface area (Å²) in [5, 5.41) is 14.3. The second-order valence-electron chi connectivity index (χ2n) is 7.97. The number of nitrogens with zero attached hydrogens (tertiary/aromatic N) is 2. The monoisotopic (exact) mass is 551 g/mol. The molecule has 4 rings (SSSR count). The number of carbonyl (C=O) groups is 1. The molecule has 0 bridgehead atoms. The highest BCUT2D eigenvalue weighted by molar-refractivity contribution is 8.18. The van der Waals surface area contributed by atoms with Gasteiger partial charge in [0.05, 0.1) is 44.0 Å². The third-order valence-corrected chi connectivity index (χ3v) is 6.51. The first-order valence-corrected chi connectivity index (χ1v) is 12.3. The summed E-state index contributed by atoms with van der Waals surface area (Å²) in [5.41, 5.74) is 1.60. The Bertz CT molecular complexity index is 1470. The maximum absolute atomic E-state index is 12.6. The van der Waals surface area contributed by atoms with E-state index in [9.17, 15) is 14.9 Å². The van der Waals surface area contributed by atoms with Gasteiger partial charge in [0.25, 0.3) is 5.91 Å². The van der Waals surface area contributed by atoms with Crippen LogP contribution in [0.1, 0.15) is 11.1 Å². The number of carbonyl (C=O) groups excluding carboxylic acids is 1. The molecule has 0 unspecified atom stereocenters. The van der Waals surface area contributed by atoms with Gasteiger partial charge in [-0.3, -0.25) is 14.9 Å². The molecule has 0 saturated carbocycles. The lowest BCUT2D eigenvalue weighted by atomic mass is 10.1. The number of aliphatic imine (C=N–C) groups is 1. The van der Waals surface area contributed by atoms with Crippen LogP contribution >= 0.6 is 11.8 Å². The van der Waals surface area contributed by atoms with Crippen molar-refractivity contribution in [1.82, 2.24) is 5.32 Å². The zero-order valence-electron chi connectivity index (χ0n) is 21.5. The van der Waals surface area contributed by atoms with Gasteiger partial charge >= 0.3 is 5.69 Å². The maximum atomic E-state index is 12.6. The van der Waals surface area contributed by atoms with E-state index in [1.165, 1.54) is 26.4 Å². The van der Waals surface area contributed by atoms with E-state index < -0.39 is 4.92 Å². The molecule has 11 nitrogen and oxygen atoms in total. The first-order chi connectivity index (χ1) is 18.8. The van der Waals surface area contributed by atoms with E-state index in [1.807, 2.05) is 12.1 Å². The third kappa shape index (κ3) is 6.41. The van der Waals surface area contributed by atoms with E-state index in [0.717, 1.165) is 17.3 Å². The van der Waals surface area contributed by atoms with Crippen molar-refractivity contribution in [3.63, 3.8) is 0 Å². The summed E-state index contributed by atoms with van der Waals surface area (Å²) in [7, 11) is 6.05. The van der Waals surface area contributed by atoms with Crippen LogP contribution in [0.3, 0.4) is 0 Å². The molecule has 0 radical (unpaired) electrons. The van der Waals surface area contributed by atoms with E-state index in [2.05, 4.69) is 10.3 Å². The van der Waals surface area contributed by atoms with Crippen LogP contribution in [0.4, 0.5) is 11.4 Å². The fraction of sp³-hybridized carbons (Fsp3) is 0.185. The van der Waals surface area contributed by atoms with Gasteiger partial charge in [0.2, 0.25) is 0 Å². The minimum Gasteiger partial charge on any atom is -0.497 e. The summed E-state index contributed by atoms with van der Waals surface area (Å²) in [6, 6.07) is 15.1. The molecule has 0 atom stereocenters. The molecule has 3 aromatic rings. The van der Waals surface area contributed by atoms with Crippen molar-refractivity contribution in [2.75, 3.05) is 28.4 Å². The zero-order chi connectivity index (χ0) is 27.9. The molecule has 1 saturated heterocycles. The molecule has 1 aliphatic heterocycles. The largest absolute Gasteiger partial charge is 0.497 e. The average molecular weight is 552 g/mol. The number of ether oxygens (including phenoxy) is 5. The molecule has 1 fully saturated rings. The van der Waals surface area contributed by atoms with Crippen LogP contribution in [0.15, 0.2) is 64.5 Å². The van der Waals surface area contributed by atoms with Gasteiger partial charge in [0.1, 0.15) is 18.1 Å². The molecular weight excluding hydrogens is 526 g/mol. The van der Waals surface area contributed by atoms with Crippen molar-refractivity contribution in [3.05, 3.63) is 80.7 Å². The molecule has 1 N–H and O–H groups in total. The molecule has 0 spiro atoms. The SMILES string of the molecule is COc1ccc(OC)c(COc2ccc(/C=C3\SC(=Nc4ccc(OC)c([N+](=O)[O-])c4)NC3=O)cc2OC)c1. The fourth-order valence-electron chi connectivity index (χ4n) is 3.68. The van der Waals surface area contributed by atoms with E-state index in [-0.39, 0.29) is 24.0 Å². The molecule has 12 heteroatoms. The number of hydrogen-bond acceptors (Lipinski definition) is 10. The molecule has 1 heterocycles. The van der Waals surface area contributed by atoms with Crippen LogP contribution in [0.2, 0.25) is 0 Å². The Hall–Kier alpha value is -4.71.